The summed E-state index contributed by atoms with van der Waals surface area (Å²) in [6.07, 6.45) is 0.546. The van der Waals surface area contributed by atoms with Crippen LogP contribution in [0.25, 0.3) is 0 Å². The summed E-state index contributed by atoms with van der Waals surface area (Å²) in [4.78, 5) is 2.13. The van der Waals surface area contributed by atoms with E-state index in [4.69, 9.17) is 9.47 Å². The van der Waals surface area contributed by atoms with Crippen molar-refractivity contribution < 1.29 is 14.6 Å². The van der Waals surface area contributed by atoms with Gasteiger partial charge in [0.05, 0.1) is 25.4 Å². The fourth-order valence-corrected chi connectivity index (χ4v) is 2.03. The minimum absolute atomic E-state index is 0.0178. The van der Waals surface area contributed by atoms with Crippen LogP contribution in [-0.2, 0) is 15.9 Å². The molecule has 0 bridgehead atoms. The number of likely N-dealkylation sites (N-methyl/N-ethyl adjacent to an activating group) is 1. The van der Waals surface area contributed by atoms with Crippen LogP contribution in [0.5, 0.6) is 0 Å². The number of aliphatic hydroxyl groups is 1. The van der Waals surface area contributed by atoms with E-state index in [9.17, 15) is 5.11 Å². The molecular weight excluding hydrogens is 254 g/mol. The molecule has 4 nitrogen and oxygen atoms in total. The van der Waals surface area contributed by atoms with Crippen LogP contribution in [0.2, 0.25) is 0 Å². The van der Waals surface area contributed by atoms with Gasteiger partial charge in [-0.15, -0.1) is 0 Å². The molecule has 0 aliphatic carbocycles. The molecule has 4 heteroatoms. The second-order valence-electron chi connectivity index (χ2n) is 5.25. The Labute approximate surface area is 122 Å². The Morgan fingerprint density at radius 2 is 1.90 bits per heavy atom. The van der Waals surface area contributed by atoms with E-state index in [1.165, 1.54) is 5.56 Å². The minimum Gasteiger partial charge on any atom is -0.389 e. The van der Waals surface area contributed by atoms with E-state index in [0.29, 0.717) is 19.8 Å². The van der Waals surface area contributed by atoms with Gasteiger partial charge in [0.1, 0.15) is 0 Å². The van der Waals surface area contributed by atoms with Crippen LogP contribution in [0.3, 0.4) is 0 Å². The van der Waals surface area contributed by atoms with E-state index in [0.717, 1.165) is 13.0 Å². The molecule has 0 spiro atoms. The summed E-state index contributed by atoms with van der Waals surface area (Å²) in [5.74, 6) is 0. The first-order valence-corrected chi connectivity index (χ1v) is 7.13. The minimum atomic E-state index is -0.463. The van der Waals surface area contributed by atoms with Crippen molar-refractivity contribution in [1.29, 1.82) is 0 Å². The second-order valence-corrected chi connectivity index (χ2v) is 5.25. The molecule has 0 saturated heterocycles. The number of hydrogen-bond donors (Lipinski definition) is 1. The predicted octanol–water partition coefficient (Wildman–Crippen LogP) is 1.57. The number of nitrogens with zero attached hydrogens (tertiary/aromatic N) is 1. The van der Waals surface area contributed by atoms with E-state index in [-0.39, 0.29) is 6.10 Å². The Kier molecular flexibility index (Phi) is 8.46. The zero-order valence-corrected chi connectivity index (χ0v) is 12.8. The first kappa shape index (κ1) is 17.1. The maximum atomic E-state index is 9.93. The van der Waals surface area contributed by atoms with Gasteiger partial charge < -0.3 is 19.5 Å². The van der Waals surface area contributed by atoms with Gasteiger partial charge in [0.25, 0.3) is 0 Å². The lowest BCUT2D eigenvalue weighted by Crippen LogP contribution is -2.34. The summed E-state index contributed by atoms with van der Waals surface area (Å²) in [5.41, 5.74) is 1.32. The third kappa shape index (κ3) is 7.60. The van der Waals surface area contributed by atoms with Crippen molar-refractivity contribution in [3.05, 3.63) is 35.9 Å². The molecule has 20 heavy (non-hydrogen) atoms. The molecule has 1 aromatic rings. The van der Waals surface area contributed by atoms with Gasteiger partial charge in [0.15, 0.2) is 0 Å². The van der Waals surface area contributed by atoms with Crippen LogP contribution in [-0.4, -0.2) is 62.7 Å². The largest absolute Gasteiger partial charge is 0.389 e. The molecule has 114 valence electrons. The number of methoxy groups -OCH3 is 1. The lowest BCUT2D eigenvalue weighted by atomic mass is 10.1. The van der Waals surface area contributed by atoms with Gasteiger partial charge >= 0.3 is 0 Å². The Morgan fingerprint density at radius 3 is 2.55 bits per heavy atom. The standard InChI is InChI=1S/C16H27NO3/c1-14(12-19-3)20-13-16(18)11-17(2)10-9-15-7-5-4-6-8-15/h4-8,14,16,18H,9-13H2,1-3H3. The molecule has 0 saturated carbocycles. The van der Waals surface area contributed by atoms with Crippen molar-refractivity contribution in [3.63, 3.8) is 0 Å². The average molecular weight is 281 g/mol. The van der Waals surface area contributed by atoms with Crippen molar-refractivity contribution in [3.8, 4) is 0 Å². The number of benzene rings is 1. The van der Waals surface area contributed by atoms with Gasteiger partial charge in [-0.25, -0.2) is 0 Å². The number of aliphatic hydroxyl groups excluding tert-OH is 1. The first-order valence-electron chi connectivity index (χ1n) is 7.13. The highest BCUT2D eigenvalue weighted by Gasteiger charge is 2.10. The van der Waals surface area contributed by atoms with Crippen molar-refractivity contribution in [1.82, 2.24) is 4.90 Å². The van der Waals surface area contributed by atoms with Crippen molar-refractivity contribution in [2.75, 3.05) is 40.5 Å². The highest BCUT2D eigenvalue weighted by Crippen LogP contribution is 2.02. The molecule has 0 aliphatic rings. The lowest BCUT2D eigenvalue weighted by Gasteiger charge is -2.22. The van der Waals surface area contributed by atoms with Gasteiger partial charge in [-0.2, -0.15) is 0 Å². The van der Waals surface area contributed by atoms with Crippen LogP contribution in [0.4, 0.5) is 0 Å². The third-order valence-electron chi connectivity index (χ3n) is 3.12. The average Bonchev–Trinajstić information content (AvgIpc) is 2.44. The Balaban J connectivity index is 2.16. The quantitative estimate of drug-likeness (QED) is 0.707. The number of rotatable bonds is 10. The van der Waals surface area contributed by atoms with Gasteiger partial charge in [-0.1, -0.05) is 30.3 Å². The van der Waals surface area contributed by atoms with E-state index in [2.05, 4.69) is 29.2 Å². The SMILES string of the molecule is COCC(C)OCC(O)CN(C)CCc1ccccc1. The third-order valence-corrected chi connectivity index (χ3v) is 3.12. The molecule has 0 aromatic heterocycles. The van der Waals surface area contributed by atoms with E-state index in [1.807, 2.05) is 20.0 Å². The van der Waals surface area contributed by atoms with Crippen molar-refractivity contribution in [2.24, 2.45) is 0 Å². The molecule has 2 atom stereocenters. The van der Waals surface area contributed by atoms with Gasteiger partial charge in [0.2, 0.25) is 0 Å². The smallest absolute Gasteiger partial charge is 0.0900 e. The topological polar surface area (TPSA) is 41.9 Å². The highest BCUT2D eigenvalue weighted by molar-refractivity contribution is 5.14. The molecule has 1 N–H and O–H groups in total. The van der Waals surface area contributed by atoms with Gasteiger partial charge in [-0.05, 0) is 26.0 Å². The van der Waals surface area contributed by atoms with Crippen LogP contribution in [0.15, 0.2) is 30.3 Å². The van der Waals surface area contributed by atoms with Gasteiger partial charge in [0, 0.05) is 20.2 Å². The molecule has 0 heterocycles. The normalized spacial score (nSPS) is 14.4. The Hall–Kier alpha value is -0.940. The first-order chi connectivity index (χ1) is 9.61. The lowest BCUT2D eigenvalue weighted by molar-refractivity contribution is -0.0379. The van der Waals surface area contributed by atoms with Crippen LogP contribution < -0.4 is 0 Å². The fourth-order valence-electron chi connectivity index (χ4n) is 2.03. The number of hydrogen-bond acceptors (Lipinski definition) is 4. The summed E-state index contributed by atoms with van der Waals surface area (Å²) in [5, 5.41) is 9.93. The van der Waals surface area contributed by atoms with E-state index < -0.39 is 6.10 Å². The molecule has 0 aliphatic heterocycles. The molecule has 2 unspecified atom stereocenters. The predicted molar refractivity (Wildman–Crippen MR) is 80.9 cm³/mol. The van der Waals surface area contributed by atoms with E-state index in [1.54, 1.807) is 7.11 Å². The Bertz CT molecular complexity index is 345. The summed E-state index contributed by atoms with van der Waals surface area (Å²) >= 11 is 0. The van der Waals surface area contributed by atoms with Crippen LogP contribution in [0, 0.1) is 0 Å². The Morgan fingerprint density at radius 1 is 1.20 bits per heavy atom. The summed E-state index contributed by atoms with van der Waals surface area (Å²) in [6, 6.07) is 10.4. The van der Waals surface area contributed by atoms with Crippen LogP contribution >= 0.6 is 0 Å². The highest BCUT2D eigenvalue weighted by atomic mass is 16.5. The van der Waals surface area contributed by atoms with Crippen molar-refractivity contribution in [2.45, 2.75) is 25.6 Å². The van der Waals surface area contributed by atoms with E-state index >= 15 is 0 Å². The summed E-state index contributed by atoms with van der Waals surface area (Å²) in [6.45, 7) is 4.38. The summed E-state index contributed by atoms with van der Waals surface area (Å²) < 4.78 is 10.5. The molecule has 1 rings (SSSR count). The van der Waals surface area contributed by atoms with Crippen molar-refractivity contribution >= 4 is 0 Å². The molecular formula is C16H27NO3. The molecule has 0 radical (unpaired) electrons. The maximum Gasteiger partial charge on any atom is 0.0900 e. The second kappa shape index (κ2) is 9.88. The maximum absolute atomic E-state index is 9.93. The zero-order valence-electron chi connectivity index (χ0n) is 12.8. The van der Waals surface area contributed by atoms with Gasteiger partial charge in [-0.3, -0.25) is 0 Å². The molecule has 1 aromatic carbocycles. The summed E-state index contributed by atoms with van der Waals surface area (Å²) in [7, 11) is 3.67. The number of ether oxygens (including phenoxy) is 2. The fraction of sp³-hybridized carbons (Fsp3) is 0.625. The molecule has 0 fully saturated rings. The molecule has 0 amide bonds. The van der Waals surface area contributed by atoms with Crippen LogP contribution in [0.1, 0.15) is 12.5 Å². The zero-order chi connectivity index (χ0) is 14.8. The monoisotopic (exact) mass is 281 g/mol.